The molecule has 3 rings (SSSR count). The molecule has 0 atom stereocenters. The van der Waals surface area contributed by atoms with Crippen LogP contribution >= 0.6 is 0 Å². The zero-order valence-corrected chi connectivity index (χ0v) is 15.3. The van der Waals surface area contributed by atoms with Crippen molar-refractivity contribution in [1.29, 1.82) is 0 Å². The van der Waals surface area contributed by atoms with Crippen LogP contribution in [0.2, 0.25) is 0 Å². The van der Waals surface area contributed by atoms with Crippen molar-refractivity contribution in [3.63, 3.8) is 0 Å². The molecule has 0 unspecified atom stereocenters. The number of aromatic nitrogens is 2. The summed E-state index contributed by atoms with van der Waals surface area (Å²) >= 11 is 0. The summed E-state index contributed by atoms with van der Waals surface area (Å²) < 4.78 is 16.1. The number of hydrogen-bond donors (Lipinski definition) is 1. The summed E-state index contributed by atoms with van der Waals surface area (Å²) in [6, 6.07) is 15.0. The molecule has 1 heterocycles. The summed E-state index contributed by atoms with van der Waals surface area (Å²) in [7, 11) is 3.18. The SMILES string of the molecule is COc1cc(CNC(=O)CCc2nnc(-c3ccccc3)o2)cc(OC)c1. The van der Waals surface area contributed by atoms with Crippen molar-refractivity contribution < 1.29 is 18.7 Å². The number of ether oxygens (including phenoxy) is 2. The number of rotatable bonds is 8. The van der Waals surface area contributed by atoms with Crippen LogP contribution in [0.25, 0.3) is 11.5 Å². The molecule has 2 aromatic carbocycles. The van der Waals surface area contributed by atoms with Crippen LogP contribution in [0.3, 0.4) is 0 Å². The van der Waals surface area contributed by atoms with Crippen LogP contribution < -0.4 is 14.8 Å². The molecule has 7 heteroatoms. The van der Waals surface area contributed by atoms with E-state index in [-0.39, 0.29) is 12.3 Å². The van der Waals surface area contributed by atoms with Crippen LogP contribution in [-0.2, 0) is 17.8 Å². The van der Waals surface area contributed by atoms with Gasteiger partial charge < -0.3 is 19.2 Å². The quantitative estimate of drug-likeness (QED) is 0.659. The van der Waals surface area contributed by atoms with Gasteiger partial charge in [0.2, 0.25) is 17.7 Å². The lowest BCUT2D eigenvalue weighted by atomic mass is 10.2. The Kier molecular flexibility index (Phi) is 6.04. The average molecular weight is 367 g/mol. The van der Waals surface area contributed by atoms with Crippen molar-refractivity contribution in [1.82, 2.24) is 15.5 Å². The molecule has 0 fully saturated rings. The Hall–Kier alpha value is -3.35. The van der Waals surface area contributed by atoms with Gasteiger partial charge in [-0.1, -0.05) is 18.2 Å². The molecule has 7 nitrogen and oxygen atoms in total. The van der Waals surface area contributed by atoms with Crippen molar-refractivity contribution in [2.75, 3.05) is 14.2 Å². The van der Waals surface area contributed by atoms with E-state index in [1.54, 1.807) is 20.3 Å². The van der Waals surface area contributed by atoms with E-state index in [0.29, 0.717) is 36.2 Å². The lowest BCUT2D eigenvalue weighted by molar-refractivity contribution is -0.121. The van der Waals surface area contributed by atoms with Crippen LogP contribution in [0.15, 0.2) is 52.9 Å². The predicted molar refractivity (Wildman–Crippen MR) is 99.4 cm³/mol. The largest absolute Gasteiger partial charge is 0.497 e. The fraction of sp³-hybridized carbons (Fsp3) is 0.250. The van der Waals surface area contributed by atoms with Gasteiger partial charge in [-0.2, -0.15) is 0 Å². The summed E-state index contributed by atoms with van der Waals surface area (Å²) in [5.74, 6) is 2.15. The van der Waals surface area contributed by atoms with Crippen LogP contribution in [0, 0.1) is 0 Å². The van der Waals surface area contributed by atoms with Crippen molar-refractivity contribution in [3.05, 3.63) is 60.0 Å². The molecule has 0 saturated carbocycles. The number of hydrogen-bond acceptors (Lipinski definition) is 6. The average Bonchev–Trinajstić information content (AvgIpc) is 3.20. The third-order valence-corrected chi connectivity index (χ3v) is 3.95. The standard InChI is InChI=1S/C20H21N3O4/c1-25-16-10-14(11-17(12-16)26-2)13-21-18(24)8-9-19-22-23-20(27-19)15-6-4-3-5-7-15/h3-7,10-12H,8-9,13H2,1-2H3,(H,21,24). The van der Waals surface area contributed by atoms with Gasteiger partial charge >= 0.3 is 0 Å². The fourth-order valence-corrected chi connectivity index (χ4v) is 2.53. The summed E-state index contributed by atoms with van der Waals surface area (Å²) in [4.78, 5) is 12.1. The molecule has 27 heavy (non-hydrogen) atoms. The Morgan fingerprint density at radius 1 is 1.04 bits per heavy atom. The maximum atomic E-state index is 12.1. The van der Waals surface area contributed by atoms with E-state index in [1.807, 2.05) is 42.5 Å². The Labute approximate surface area is 157 Å². The summed E-state index contributed by atoms with van der Waals surface area (Å²) in [6.07, 6.45) is 0.643. The molecule has 0 aliphatic heterocycles. The molecule has 1 amide bonds. The molecule has 0 aliphatic carbocycles. The Morgan fingerprint density at radius 3 is 2.41 bits per heavy atom. The maximum absolute atomic E-state index is 12.1. The first-order valence-corrected chi connectivity index (χ1v) is 8.54. The summed E-state index contributed by atoms with van der Waals surface area (Å²) in [6.45, 7) is 0.380. The molecule has 0 saturated heterocycles. The molecule has 0 aliphatic rings. The lowest BCUT2D eigenvalue weighted by Gasteiger charge is -2.09. The molecular weight excluding hydrogens is 346 g/mol. The highest BCUT2D eigenvalue weighted by Crippen LogP contribution is 2.22. The number of amides is 1. The van der Waals surface area contributed by atoms with E-state index < -0.39 is 0 Å². The van der Waals surface area contributed by atoms with Gasteiger partial charge in [0.05, 0.1) is 14.2 Å². The second-order valence-electron chi connectivity index (χ2n) is 5.86. The number of carbonyl (C=O) groups excluding carboxylic acids is 1. The molecule has 1 aromatic heterocycles. The second kappa shape index (κ2) is 8.84. The fourth-order valence-electron chi connectivity index (χ4n) is 2.53. The smallest absolute Gasteiger partial charge is 0.247 e. The van der Waals surface area contributed by atoms with Gasteiger partial charge in [0.1, 0.15) is 11.5 Å². The minimum Gasteiger partial charge on any atom is -0.497 e. The van der Waals surface area contributed by atoms with Crippen molar-refractivity contribution in [2.45, 2.75) is 19.4 Å². The van der Waals surface area contributed by atoms with Crippen LogP contribution in [0.4, 0.5) is 0 Å². The van der Waals surface area contributed by atoms with Gasteiger partial charge in [-0.3, -0.25) is 4.79 Å². The third-order valence-electron chi connectivity index (χ3n) is 3.95. The van der Waals surface area contributed by atoms with Crippen molar-refractivity contribution in [3.8, 4) is 23.0 Å². The Morgan fingerprint density at radius 2 is 1.74 bits per heavy atom. The van der Waals surface area contributed by atoms with E-state index in [9.17, 15) is 4.79 Å². The number of nitrogens with one attached hydrogen (secondary N) is 1. The number of methoxy groups -OCH3 is 2. The number of aryl methyl sites for hydroxylation is 1. The van der Waals surface area contributed by atoms with Crippen LogP contribution in [-0.4, -0.2) is 30.3 Å². The minimum absolute atomic E-state index is 0.101. The molecule has 0 spiro atoms. The Balaban J connectivity index is 1.51. The zero-order valence-electron chi connectivity index (χ0n) is 15.3. The first kappa shape index (κ1) is 18.4. The first-order valence-electron chi connectivity index (χ1n) is 8.54. The van der Waals surface area contributed by atoms with Gasteiger partial charge in [0.15, 0.2) is 0 Å². The van der Waals surface area contributed by atoms with Gasteiger partial charge in [0.25, 0.3) is 0 Å². The molecular formula is C20H21N3O4. The maximum Gasteiger partial charge on any atom is 0.247 e. The van der Waals surface area contributed by atoms with Gasteiger partial charge in [0, 0.05) is 31.0 Å². The van der Waals surface area contributed by atoms with E-state index in [1.165, 1.54) is 0 Å². The highest BCUT2D eigenvalue weighted by atomic mass is 16.5. The normalized spacial score (nSPS) is 10.4. The van der Waals surface area contributed by atoms with Gasteiger partial charge in [-0.05, 0) is 29.8 Å². The van der Waals surface area contributed by atoms with Gasteiger partial charge in [-0.15, -0.1) is 10.2 Å². The Bertz CT molecular complexity index is 871. The monoisotopic (exact) mass is 367 g/mol. The number of benzene rings is 2. The molecule has 0 radical (unpaired) electrons. The summed E-state index contributed by atoms with van der Waals surface area (Å²) in [5.41, 5.74) is 1.75. The zero-order chi connectivity index (χ0) is 19.1. The van der Waals surface area contributed by atoms with E-state index in [2.05, 4.69) is 15.5 Å². The van der Waals surface area contributed by atoms with E-state index in [0.717, 1.165) is 11.1 Å². The van der Waals surface area contributed by atoms with Crippen LogP contribution in [0.1, 0.15) is 17.9 Å². The molecule has 1 N–H and O–H groups in total. The first-order chi connectivity index (χ1) is 13.2. The molecule has 140 valence electrons. The predicted octanol–water partition coefficient (Wildman–Crippen LogP) is 3.00. The highest BCUT2D eigenvalue weighted by Gasteiger charge is 2.11. The molecule has 0 bridgehead atoms. The lowest BCUT2D eigenvalue weighted by Crippen LogP contribution is -2.23. The topological polar surface area (TPSA) is 86.5 Å². The number of carbonyl (C=O) groups is 1. The van der Waals surface area contributed by atoms with Crippen molar-refractivity contribution >= 4 is 5.91 Å². The molecule has 3 aromatic rings. The van der Waals surface area contributed by atoms with Gasteiger partial charge in [-0.25, -0.2) is 0 Å². The van der Waals surface area contributed by atoms with E-state index >= 15 is 0 Å². The third kappa shape index (κ3) is 5.07. The second-order valence-corrected chi connectivity index (χ2v) is 5.86. The minimum atomic E-state index is -0.101. The summed E-state index contributed by atoms with van der Waals surface area (Å²) in [5, 5.41) is 10.9. The van der Waals surface area contributed by atoms with E-state index in [4.69, 9.17) is 13.9 Å². The number of nitrogens with zero attached hydrogens (tertiary/aromatic N) is 2. The van der Waals surface area contributed by atoms with Crippen molar-refractivity contribution in [2.24, 2.45) is 0 Å². The van der Waals surface area contributed by atoms with Crippen LogP contribution in [0.5, 0.6) is 11.5 Å². The highest BCUT2D eigenvalue weighted by molar-refractivity contribution is 5.76.